The van der Waals surface area contributed by atoms with E-state index < -0.39 is 0 Å². The minimum absolute atomic E-state index is 0.0906. The number of nitrogens with zero attached hydrogens (tertiary/aromatic N) is 1. The van der Waals surface area contributed by atoms with E-state index in [4.69, 9.17) is 0 Å². The number of fused-ring (bicyclic) bond motifs is 12. The molecule has 4 aliphatic carbocycles. The van der Waals surface area contributed by atoms with Gasteiger partial charge in [-0.25, -0.2) is 0 Å². The minimum atomic E-state index is -0.129. The standard InChI is InChI=1S/C61H51N/c1-59(2)54-25-14-13-24-50(54)51-32-31-45(36-56(51)59)62(43-29-26-40(27-30-43)39-16-7-6-8-17-39)44-19-15-18-41(34-44)42-28-33-55-57(35-42)60(3,4)58-37-52-48-22-11-9-20-46(48)47-21-10-12-23-49(47)53(52)38-61(55,58)5/h6-26,28-37,40H,27,38H2,1-5H3. The molecule has 1 nitrogen and oxygen atoms in total. The van der Waals surface area contributed by atoms with Crippen molar-refractivity contribution in [1.82, 2.24) is 0 Å². The largest absolute Gasteiger partial charge is 0.311 e. The van der Waals surface area contributed by atoms with Gasteiger partial charge in [-0.1, -0.05) is 186 Å². The first kappa shape index (κ1) is 37.1. The third-order valence-electron chi connectivity index (χ3n) is 15.3. The quantitative estimate of drug-likeness (QED) is 0.157. The highest BCUT2D eigenvalue weighted by Crippen LogP contribution is 2.59. The van der Waals surface area contributed by atoms with Crippen molar-refractivity contribution in [1.29, 1.82) is 0 Å². The fourth-order valence-electron chi connectivity index (χ4n) is 12.2. The fourth-order valence-corrected chi connectivity index (χ4v) is 12.2. The lowest BCUT2D eigenvalue weighted by molar-refractivity contribution is 0.510. The summed E-state index contributed by atoms with van der Waals surface area (Å²) in [7, 11) is 0. The van der Waals surface area contributed by atoms with Crippen molar-refractivity contribution in [2.75, 3.05) is 4.90 Å². The second-order valence-electron chi connectivity index (χ2n) is 19.5. The average molecular weight is 798 g/mol. The Morgan fingerprint density at radius 3 is 1.97 bits per heavy atom. The highest BCUT2D eigenvalue weighted by atomic mass is 15.1. The van der Waals surface area contributed by atoms with Crippen molar-refractivity contribution in [2.45, 2.75) is 69.6 Å². The highest BCUT2D eigenvalue weighted by Gasteiger charge is 2.51. The van der Waals surface area contributed by atoms with Crippen molar-refractivity contribution in [2.24, 2.45) is 0 Å². The molecule has 0 aromatic heterocycles. The first-order valence-electron chi connectivity index (χ1n) is 22.5. The Balaban J connectivity index is 0.959. The van der Waals surface area contributed by atoms with Crippen LogP contribution in [0.2, 0.25) is 0 Å². The summed E-state index contributed by atoms with van der Waals surface area (Å²) in [6, 6.07) is 61.7. The average Bonchev–Trinajstić information content (AvgIpc) is 3.64. The van der Waals surface area contributed by atoms with Gasteiger partial charge in [0.2, 0.25) is 0 Å². The predicted molar refractivity (Wildman–Crippen MR) is 263 cm³/mol. The van der Waals surface area contributed by atoms with Crippen LogP contribution in [0.4, 0.5) is 11.4 Å². The van der Waals surface area contributed by atoms with Crippen LogP contribution in [0, 0.1) is 0 Å². The first-order chi connectivity index (χ1) is 30.1. The molecule has 8 aromatic carbocycles. The van der Waals surface area contributed by atoms with Gasteiger partial charge >= 0.3 is 0 Å². The highest BCUT2D eigenvalue weighted by molar-refractivity contribution is 6.13. The van der Waals surface area contributed by atoms with Crippen molar-refractivity contribution in [3.05, 3.63) is 232 Å². The van der Waals surface area contributed by atoms with Gasteiger partial charge in [0.25, 0.3) is 0 Å². The zero-order chi connectivity index (χ0) is 42.0. The Kier molecular flexibility index (Phi) is 8.02. The lowest BCUT2D eigenvalue weighted by Crippen LogP contribution is -2.31. The monoisotopic (exact) mass is 797 g/mol. The van der Waals surface area contributed by atoms with Crippen LogP contribution < -0.4 is 4.90 Å². The summed E-state index contributed by atoms with van der Waals surface area (Å²) in [6.45, 7) is 12.2. The van der Waals surface area contributed by atoms with Gasteiger partial charge in [-0.2, -0.15) is 0 Å². The Labute approximate surface area is 366 Å². The maximum absolute atomic E-state index is 2.58. The smallest absolute Gasteiger partial charge is 0.0467 e. The first-order valence-corrected chi connectivity index (χ1v) is 22.5. The van der Waals surface area contributed by atoms with E-state index in [0.29, 0.717) is 5.92 Å². The number of anilines is 2. The van der Waals surface area contributed by atoms with Gasteiger partial charge in [0, 0.05) is 39.2 Å². The summed E-state index contributed by atoms with van der Waals surface area (Å²) in [6.07, 6.45) is 11.7. The third-order valence-corrected chi connectivity index (χ3v) is 15.3. The molecule has 0 saturated carbocycles. The zero-order valence-corrected chi connectivity index (χ0v) is 36.3. The topological polar surface area (TPSA) is 3.24 Å². The molecule has 62 heavy (non-hydrogen) atoms. The summed E-state index contributed by atoms with van der Waals surface area (Å²) < 4.78 is 0. The Morgan fingerprint density at radius 1 is 0.500 bits per heavy atom. The molecule has 12 rings (SSSR count). The number of benzene rings is 8. The van der Waals surface area contributed by atoms with Crippen LogP contribution in [-0.4, -0.2) is 0 Å². The molecule has 0 heterocycles. The SMILES string of the molecule is CC1(C)C2=Cc3c(c4ccccc4c4ccccc34)CC2(C)c2ccc(-c3cccc(N(C4=CCC(c5ccccc5)C=C4)c4ccc5c(c4)C(C)(C)c4ccccc4-5)c3)cc21. The normalized spacial score (nSPS) is 19.9. The molecule has 8 aromatic rings. The van der Waals surface area contributed by atoms with Crippen LogP contribution in [-0.2, 0) is 22.7 Å². The molecule has 4 aliphatic rings. The molecule has 0 radical (unpaired) electrons. The lowest BCUT2D eigenvalue weighted by atomic mass is 9.66. The molecule has 0 fully saturated rings. The molecule has 0 amide bonds. The van der Waals surface area contributed by atoms with Crippen LogP contribution in [0.25, 0.3) is 49.9 Å². The van der Waals surface area contributed by atoms with E-state index in [9.17, 15) is 0 Å². The van der Waals surface area contributed by atoms with E-state index in [2.05, 4.69) is 228 Å². The molecule has 2 unspecified atom stereocenters. The van der Waals surface area contributed by atoms with Gasteiger partial charge in [-0.3, -0.25) is 0 Å². The maximum Gasteiger partial charge on any atom is 0.0467 e. The molecule has 0 N–H and O–H groups in total. The molecule has 300 valence electrons. The van der Waals surface area contributed by atoms with Crippen molar-refractivity contribution in [3.63, 3.8) is 0 Å². The number of allylic oxidation sites excluding steroid dienone is 4. The predicted octanol–water partition coefficient (Wildman–Crippen LogP) is 15.9. The second kappa shape index (κ2) is 13.4. The van der Waals surface area contributed by atoms with Crippen LogP contribution in [0.15, 0.2) is 193 Å². The van der Waals surface area contributed by atoms with Crippen LogP contribution >= 0.6 is 0 Å². The molecule has 1 heteroatoms. The Hall–Kier alpha value is -6.70. The van der Waals surface area contributed by atoms with Crippen molar-refractivity contribution >= 4 is 39.0 Å². The van der Waals surface area contributed by atoms with Gasteiger partial charge < -0.3 is 4.90 Å². The van der Waals surface area contributed by atoms with E-state index in [1.165, 1.54) is 105 Å². The van der Waals surface area contributed by atoms with E-state index in [-0.39, 0.29) is 16.2 Å². The van der Waals surface area contributed by atoms with Crippen molar-refractivity contribution in [3.8, 4) is 22.3 Å². The van der Waals surface area contributed by atoms with Crippen LogP contribution in [0.5, 0.6) is 0 Å². The summed E-state index contributed by atoms with van der Waals surface area (Å²) >= 11 is 0. The fraction of sp³-hybridized carbons (Fsp3) is 0.180. The van der Waals surface area contributed by atoms with E-state index in [0.717, 1.165) is 12.8 Å². The van der Waals surface area contributed by atoms with Crippen LogP contribution in [0.3, 0.4) is 0 Å². The summed E-state index contributed by atoms with van der Waals surface area (Å²) in [5.41, 5.74) is 19.9. The van der Waals surface area contributed by atoms with E-state index >= 15 is 0 Å². The van der Waals surface area contributed by atoms with E-state index in [1.807, 2.05) is 0 Å². The maximum atomic E-state index is 2.58. The number of hydrogen-bond donors (Lipinski definition) is 0. The van der Waals surface area contributed by atoms with E-state index in [1.54, 1.807) is 0 Å². The molecule has 0 spiro atoms. The number of hydrogen-bond acceptors (Lipinski definition) is 1. The summed E-state index contributed by atoms with van der Waals surface area (Å²) in [5.74, 6) is 0.363. The molecule has 0 bridgehead atoms. The summed E-state index contributed by atoms with van der Waals surface area (Å²) in [5, 5.41) is 5.45. The Bertz CT molecular complexity index is 3260. The summed E-state index contributed by atoms with van der Waals surface area (Å²) in [4.78, 5) is 2.49. The molecular weight excluding hydrogens is 747 g/mol. The van der Waals surface area contributed by atoms with Gasteiger partial charge in [0.05, 0.1) is 0 Å². The molecule has 0 aliphatic heterocycles. The van der Waals surface area contributed by atoms with Gasteiger partial charge in [-0.15, -0.1) is 0 Å². The molecule has 2 atom stereocenters. The zero-order valence-electron chi connectivity index (χ0n) is 36.3. The number of rotatable bonds is 5. The third kappa shape index (κ3) is 5.34. The minimum Gasteiger partial charge on any atom is -0.311 e. The van der Waals surface area contributed by atoms with Gasteiger partial charge in [0.1, 0.15) is 0 Å². The van der Waals surface area contributed by atoms with Gasteiger partial charge in [0.15, 0.2) is 0 Å². The molecule has 0 saturated heterocycles. The molecular formula is C61H51N. The second-order valence-corrected chi connectivity index (χ2v) is 19.5. The Morgan fingerprint density at radius 2 is 1.18 bits per heavy atom. The lowest BCUT2D eigenvalue weighted by Gasteiger charge is -2.37. The van der Waals surface area contributed by atoms with Crippen LogP contribution in [0.1, 0.15) is 85.9 Å². The van der Waals surface area contributed by atoms with Gasteiger partial charge in [-0.05, 0) is 138 Å². The van der Waals surface area contributed by atoms with Crippen molar-refractivity contribution < 1.29 is 0 Å².